The molecule has 0 fully saturated rings. The summed E-state index contributed by atoms with van der Waals surface area (Å²) < 4.78 is 22.6. The van der Waals surface area contributed by atoms with Crippen molar-refractivity contribution in [1.29, 1.82) is 0 Å². The molecule has 1 aliphatic rings. The molecule has 0 spiro atoms. The third kappa shape index (κ3) is 3.57. The van der Waals surface area contributed by atoms with Gasteiger partial charge in [-0.1, -0.05) is 17.4 Å². The van der Waals surface area contributed by atoms with Gasteiger partial charge in [-0.25, -0.2) is 0 Å². The van der Waals surface area contributed by atoms with Crippen LogP contribution in [0.25, 0.3) is 11.1 Å². The topological polar surface area (TPSA) is 62.7 Å². The molecule has 0 radical (unpaired) electrons. The zero-order valence-electron chi connectivity index (χ0n) is 14.5. The molecule has 0 atom stereocenters. The number of fused-ring (bicyclic) bond motifs is 1. The molecule has 0 aliphatic carbocycles. The van der Waals surface area contributed by atoms with Gasteiger partial charge in [0.1, 0.15) is 36.3 Å². The molecule has 0 bridgehead atoms. The van der Waals surface area contributed by atoms with Gasteiger partial charge in [-0.2, -0.15) is 0 Å². The van der Waals surface area contributed by atoms with E-state index in [1.165, 1.54) is 11.3 Å². The third-order valence-corrected chi connectivity index (χ3v) is 4.73. The second kappa shape index (κ2) is 7.21. The van der Waals surface area contributed by atoms with Crippen LogP contribution in [0.4, 0.5) is 0 Å². The standard InChI is InChI=1S/C19H18N2O4S/c1-12-20-21-19(26-12)11-25-16-8-14(7-15(10-16)22-2)13-3-4-17-18(9-13)24-6-5-23-17/h3-4,7-10H,5-6,11H2,1-2H3. The lowest BCUT2D eigenvalue weighted by Crippen LogP contribution is -2.15. The molecule has 2 heterocycles. The minimum atomic E-state index is 0.374. The van der Waals surface area contributed by atoms with Crippen LogP contribution in [0.15, 0.2) is 36.4 Å². The molecule has 0 N–H and O–H groups in total. The predicted octanol–water partition coefficient (Wildman–Crippen LogP) is 3.87. The molecule has 3 aromatic rings. The smallest absolute Gasteiger partial charge is 0.161 e. The average molecular weight is 370 g/mol. The van der Waals surface area contributed by atoms with Gasteiger partial charge in [-0.05, 0) is 42.3 Å². The Hall–Kier alpha value is -2.80. The molecule has 4 rings (SSSR count). The Labute approximate surface area is 155 Å². The minimum absolute atomic E-state index is 0.374. The minimum Gasteiger partial charge on any atom is -0.497 e. The lowest BCUT2D eigenvalue weighted by atomic mass is 10.0. The first-order chi connectivity index (χ1) is 12.7. The van der Waals surface area contributed by atoms with Gasteiger partial charge in [0.25, 0.3) is 0 Å². The Balaban J connectivity index is 1.61. The SMILES string of the molecule is COc1cc(OCc2nnc(C)s2)cc(-c2ccc3c(c2)OCCO3)c1. The Bertz CT molecular complexity index is 926. The summed E-state index contributed by atoms with van der Waals surface area (Å²) in [5.41, 5.74) is 1.98. The van der Waals surface area contributed by atoms with E-state index in [2.05, 4.69) is 10.2 Å². The van der Waals surface area contributed by atoms with Crippen LogP contribution >= 0.6 is 11.3 Å². The van der Waals surface area contributed by atoms with Gasteiger partial charge >= 0.3 is 0 Å². The summed E-state index contributed by atoms with van der Waals surface area (Å²) in [5.74, 6) is 2.96. The number of benzene rings is 2. The van der Waals surface area contributed by atoms with Gasteiger partial charge in [0.2, 0.25) is 0 Å². The summed E-state index contributed by atoms with van der Waals surface area (Å²) >= 11 is 1.52. The first kappa shape index (κ1) is 16.7. The van der Waals surface area contributed by atoms with Crippen LogP contribution < -0.4 is 18.9 Å². The maximum absolute atomic E-state index is 5.89. The van der Waals surface area contributed by atoms with E-state index in [9.17, 15) is 0 Å². The van der Waals surface area contributed by atoms with Crippen molar-refractivity contribution in [2.75, 3.05) is 20.3 Å². The largest absolute Gasteiger partial charge is 0.497 e. The van der Waals surface area contributed by atoms with Crippen molar-refractivity contribution in [2.24, 2.45) is 0 Å². The number of aromatic nitrogens is 2. The van der Waals surface area contributed by atoms with Crippen LogP contribution in [0.5, 0.6) is 23.0 Å². The van der Waals surface area contributed by atoms with Gasteiger partial charge < -0.3 is 18.9 Å². The Morgan fingerprint density at radius 1 is 0.962 bits per heavy atom. The number of nitrogens with zero attached hydrogens (tertiary/aromatic N) is 2. The van der Waals surface area contributed by atoms with Crippen molar-refractivity contribution in [3.05, 3.63) is 46.4 Å². The third-order valence-electron chi connectivity index (χ3n) is 3.92. The molecule has 134 valence electrons. The quantitative estimate of drug-likeness (QED) is 0.679. The van der Waals surface area contributed by atoms with Crippen LogP contribution in [0.1, 0.15) is 10.0 Å². The van der Waals surface area contributed by atoms with E-state index in [-0.39, 0.29) is 0 Å². The highest BCUT2D eigenvalue weighted by molar-refractivity contribution is 7.11. The number of aryl methyl sites for hydroxylation is 1. The second-order valence-corrected chi connectivity index (χ2v) is 7.03. The fraction of sp³-hybridized carbons (Fsp3) is 0.263. The van der Waals surface area contributed by atoms with E-state index in [4.69, 9.17) is 18.9 Å². The summed E-state index contributed by atoms with van der Waals surface area (Å²) in [7, 11) is 1.64. The predicted molar refractivity (Wildman–Crippen MR) is 98.4 cm³/mol. The van der Waals surface area contributed by atoms with Gasteiger partial charge in [0.05, 0.1) is 7.11 Å². The molecule has 7 heteroatoms. The number of rotatable bonds is 5. The molecule has 26 heavy (non-hydrogen) atoms. The first-order valence-corrected chi connectivity index (χ1v) is 9.04. The highest BCUT2D eigenvalue weighted by Crippen LogP contribution is 2.37. The Morgan fingerprint density at radius 3 is 2.54 bits per heavy atom. The average Bonchev–Trinajstić information content (AvgIpc) is 3.11. The summed E-state index contributed by atoms with van der Waals surface area (Å²) in [6.45, 7) is 3.44. The molecule has 0 saturated heterocycles. The van der Waals surface area contributed by atoms with Crippen molar-refractivity contribution in [3.8, 4) is 34.1 Å². The number of ether oxygens (including phenoxy) is 4. The zero-order chi connectivity index (χ0) is 17.9. The maximum atomic E-state index is 5.89. The first-order valence-electron chi connectivity index (χ1n) is 8.22. The van der Waals surface area contributed by atoms with E-state index >= 15 is 0 Å². The van der Waals surface area contributed by atoms with Crippen molar-refractivity contribution < 1.29 is 18.9 Å². The number of hydrogen-bond donors (Lipinski definition) is 0. The molecule has 1 aromatic heterocycles. The van der Waals surface area contributed by atoms with Crippen molar-refractivity contribution in [2.45, 2.75) is 13.5 Å². The van der Waals surface area contributed by atoms with E-state index < -0.39 is 0 Å². The highest BCUT2D eigenvalue weighted by Gasteiger charge is 2.14. The molecular formula is C19H18N2O4S. The van der Waals surface area contributed by atoms with E-state index in [1.807, 2.05) is 43.3 Å². The van der Waals surface area contributed by atoms with Gasteiger partial charge in [0, 0.05) is 6.07 Å². The van der Waals surface area contributed by atoms with Crippen LogP contribution in [-0.4, -0.2) is 30.5 Å². The molecule has 0 saturated carbocycles. The summed E-state index contributed by atoms with van der Waals surface area (Å²) in [6, 6.07) is 11.7. The van der Waals surface area contributed by atoms with E-state index in [0.717, 1.165) is 38.4 Å². The zero-order valence-corrected chi connectivity index (χ0v) is 15.3. The van der Waals surface area contributed by atoms with Gasteiger partial charge in [-0.3, -0.25) is 0 Å². The van der Waals surface area contributed by atoms with E-state index in [1.54, 1.807) is 7.11 Å². The normalized spacial score (nSPS) is 12.7. The molecule has 1 aliphatic heterocycles. The number of hydrogen-bond acceptors (Lipinski definition) is 7. The molecule has 2 aromatic carbocycles. The lowest BCUT2D eigenvalue weighted by molar-refractivity contribution is 0.171. The molecule has 0 amide bonds. The monoisotopic (exact) mass is 370 g/mol. The highest BCUT2D eigenvalue weighted by atomic mass is 32.1. The lowest BCUT2D eigenvalue weighted by Gasteiger charge is -2.19. The van der Waals surface area contributed by atoms with Crippen LogP contribution in [0.3, 0.4) is 0 Å². The summed E-state index contributed by atoms with van der Waals surface area (Å²) in [6.07, 6.45) is 0. The maximum Gasteiger partial charge on any atom is 0.161 e. The van der Waals surface area contributed by atoms with E-state index in [0.29, 0.717) is 25.6 Å². The van der Waals surface area contributed by atoms with Gasteiger partial charge in [-0.15, -0.1) is 10.2 Å². The van der Waals surface area contributed by atoms with Crippen LogP contribution in [0.2, 0.25) is 0 Å². The van der Waals surface area contributed by atoms with Crippen LogP contribution in [-0.2, 0) is 6.61 Å². The Kier molecular flexibility index (Phi) is 4.62. The molecule has 6 nitrogen and oxygen atoms in total. The second-order valence-electron chi connectivity index (χ2n) is 5.76. The fourth-order valence-electron chi connectivity index (χ4n) is 2.70. The molecular weight excluding hydrogens is 352 g/mol. The Morgan fingerprint density at radius 2 is 1.77 bits per heavy atom. The summed E-state index contributed by atoms with van der Waals surface area (Å²) in [5, 5.41) is 9.85. The van der Waals surface area contributed by atoms with Gasteiger partial charge in [0.15, 0.2) is 16.5 Å². The van der Waals surface area contributed by atoms with Crippen molar-refractivity contribution >= 4 is 11.3 Å². The van der Waals surface area contributed by atoms with Crippen LogP contribution in [0, 0.1) is 6.92 Å². The number of methoxy groups -OCH3 is 1. The molecule has 0 unspecified atom stereocenters. The summed E-state index contributed by atoms with van der Waals surface area (Å²) in [4.78, 5) is 0. The van der Waals surface area contributed by atoms with Crippen molar-refractivity contribution in [1.82, 2.24) is 10.2 Å². The van der Waals surface area contributed by atoms with Crippen molar-refractivity contribution in [3.63, 3.8) is 0 Å². The fourth-order valence-corrected chi connectivity index (χ4v) is 3.33.